The molecule has 0 radical (unpaired) electrons. The highest BCUT2D eigenvalue weighted by Crippen LogP contribution is 2.22. The van der Waals surface area contributed by atoms with E-state index in [9.17, 15) is 9.90 Å². The number of rotatable bonds is 9. The largest absolute Gasteiger partial charge is 0.478 e. The zero-order chi connectivity index (χ0) is 22.3. The lowest BCUT2D eigenvalue weighted by Crippen LogP contribution is -2.07. The molecule has 4 aromatic rings. The van der Waals surface area contributed by atoms with E-state index < -0.39 is 5.97 Å². The van der Waals surface area contributed by atoms with Crippen molar-refractivity contribution in [1.82, 2.24) is 19.7 Å². The van der Waals surface area contributed by atoms with Crippen molar-refractivity contribution in [3.8, 4) is 11.3 Å². The number of aryl methyl sites for hydroxylation is 3. The number of carboxylic acid groups (broad SMARTS) is 1. The molecule has 0 unspecified atom stereocenters. The maximum Gasteiger partial charge on any atom is 0.337 e. The van der Waals surface area contributed by atoms with E-state index in [2.05, 4.69) is 36.2 Å². The van der Waals surface area contributed by atoms with Crippen LogP contribution in [-0.2, 0) is 25.8 Å². The standard InChI is InChI=1S/C26H26N4O2/c1-2-7-24-28-23(16-13-19-8-4-3-5-9-19)29-30(24)18-20-11-14-21(15-12-20)25-22(26(31)32)10-6-17-27-25/h3-6,8-12,14-15,17H,2,7,13,16,18H2,1H3,(H,31,32). The number of aromatic carboxylic acids is 1. The maximum atomic E-state index is 11.5. The summed E-state index contributed by atoms with van der Waals surface area (Å²) in [7, 11) is 0. The van der Waals surface area contributed by atoms with Crippen molar-refractivity contribution in [2.75, 3.05) is 0 Å². The number of carbonyl (C=O) groups is 1. The van der Waals surface area contributed by atoms with Crippen molar-refractivity contribution in [2.45, 2.75) is 39.2 Å². The second-order valence-electron chi connectivity index (χ2n) is 7.74. The molecule has 0 saturated carbocycles. The van der Waals surface area contributed by atoms with E-state index in [0.29, 0.717) is 12.2 Å². The van der Waals surface area contributed by atoms with Crippen molar-refractivity contribution in [1.29, 1.82) is 0 Å². The Labute approximate surface area is 187 Å². The zero-order valence-electron chi connectivity index (χ0n) is 18.1. The highest BCUT2D eigenvalue weighted by Gasteiger charge is 2.13. The highest BCUT2D eigenvalue weighted by atomic mass is 16.4. The minimum absolute atomic E-state index is 0.199. The van der Waals surface area contributed by atoms with Crippen LogP contribution in [0.25, 0.3) is 11.3 Å². The van der Waals surface area contributed by atoms with Gasteiger partial charge in [0.25, 0.3) is 0 Å². The van der Waals surface area contributed by atoms with Crippen LogP contribution < -0.4 is 0 Å². The molecule has 0 aliphatic carbocycles. The van der Waals surface area contributed by atoms with Crippen LogP contribution in [0.15, 0.2) is 72.9 Å². The third-order valence-corrected chi connectivity index (χ3v) is 5.34. The molecule has 162 valence electrons. The van der Waals surface area contributed by atoms with Gasteiger partial charge in [0.15, 0.2) is 5.82 Å². The van der Waals surface area contributed by atoms with Crippen LogP contribution in [-0.4, -0.2) is 30.8 Å². The molecule has 0 fully saturated rings. The molecule has 2 aromatic heterocycles. The van der Waals surface area contributed by atoms with Gasteiger partial charge in [-0.1, -0.05) is 61.5 Å². The molecule has 0 spiro atoms. The summed E-state index contributed by atoms with van der Waals surface area (Å²) >= 11 is 0. The summed E-state index contributed by atoms with van der Waals surface area (Å²) < 4.78 is 1.99. The van der Waals surface area contributed by atoms with Gasteiger partial charge in [0.2, 0.25) is 0 Å². The van der Waals surface area contributed by atoms with Crippen LogP contribution in [0.4, 0.5) is 0 Å². The maximum absolute atomic E-state index is 11.5. The van der Waals surface area contributed by atoms with E-state index >= 15 is 0 Å². The number of aromatic nitrogens is 4. The van der Waals surface area contributed by atoms with Gasteiger partial charge in [-0.05, 0) is 36.1 Å². The highest BCUT2D eigenvalue weighted by molar-refractivity contribution is 5.94. The van der Waals surface area contributed by atoms with Crippen LogP contribution in [0.2, 0.25) is 0 Å². The van der Waals surface area contributed by atoms with Gasteiger partial charge < -0.3 is 5.11 Å². The molecule has 4 rings (SSSR count). The summed E-state index contributed by atoms with van der Waals surface area (Å²) in [6.07, 6.45) is 5.23. The number of pyridine rings is 1. The number of carboxylic acids is 1. The van der Waals surface area contributed by atoms with E-state index in [1.165, 1.54) is 5.56 Å². The number of nitrogens with zero attached hydrogens (tertiary/aromatic N) is 4. The van der Waals surface area contributed by atoms with Crippen LogP contribution in [0.5, 0.6) is 0 Å². The number of hydrogen-bond acceptors (Lipinski definition) is 4. The summed E-state index contributed by atoms with van der Waals surface area (Å²) in [5, 5.41) is 14.2. The van der Waals surface area contributed by atoms with Crippen molar-refractivity contribution in [3.63, 3.8) is 0 Å². The number of benzene rings is 2. The van der Waals surface area contributed by atoms with Crippen molar-refractivity contribution in [3.05, 3.63) is 101 Å². The Morgan fingerprint density at radius 1 is 0.906 bits per heavy atom. The normalized spacial score (nSPS) is 10.9. The summed E-state index contributed by atoms with van der Waals surface area (Å²) in [5.41, 5.74) is 3.82. The molecule has 32 heavy (non-hydrogen) atoms. The van der Waals surface area contributed by atoms with E-state index in [1.807, 2.05) is 35.0 Å². The van der Waals surface area contributed by atoms with Gasteiger partial charge in [-0.3, -0.25) is 4.98 Å². The second-order valence-corrected chi connectivity index (χ2v) is 7.74. The Kier molecular flexibility index (Phi) is 6.70. The van der Waals surface area contributed by atoms with Crippen LogP contribution in [0, 0.1) is 0 Å². The predicted molar refractivity (Wildman–Crippen MR) is 124 cm³/mol. The van der Waals surface area contributed by atoms with Crippen molar-refractivity contribution >= 4 is 5.97 Å². The molecule has 0 saturated heterocycles. The second kappa shape index (κ2) is 10.0. The molecule has 0 amide bonds. The molecule has 6 nitrogen and oxygen atoms in total. The van der Waals surface area contributed by atoms with Gasteiger partial charge in [-0.2, -0.15) is 5.10 Å². The Morgan fingerprint density at radius 2 is 1.69 bits per heavy atom. The summed E-state index contributed by atoms with van der Waals surface area (Å²) in [6.45, 7) is 2.77. The summed E-state index contributed by atoms with van der Waals surface area (Å²) in [6, 6.07) is 21.4. The van der Waals surface area contributed by atoms with Crippen molar-refractivity contribution in [2.24, 2.45) is 0 Å². The Bertz CT molecular complexity index is 1180. The smallest absolute Gasteiger partial charge is 0.337 e. The molecule has 1 N–H and O–H groups in total. The van der Waals surface area contributed by atoms with E-state index in [0.717, 1.165) is 48.5 Å². The molecule has 0 aliphatic rings. The first-order valence-corrected chi connectivity index (χ1v) is 10.9. The quantitative estimate of drug-likeness (QED) is 0.415. The Balaban J connectivity index is 1.51. The van der Waals surface area contributed by atoms with E-state index in [4.69, 9.17) is 10.1 Å². The van der Waals surface area contributed by atoms with Crippen LogP contribution in [0.1, 0.15) is 46.5 Å². The molecule has 6 heteroatoms. The first-order chi connectivity index (χ1) is 15.6. The number of hydrogen-bond donors (Lipinski definition) is 1. The van der Waals surface area contributed by atoms with Crippen molar-refractivity contribution < 1.29 is 9.90 Å². The molecule has 2 aromatic carbocycles. The van der Waals surface area contributed by atoms with Crippen LogP contribution >= 0.6 is 0 Å². The fraction of sp³-hybridized carbons (Fsp3) is 0.231. The van der Waals surface area contributed by atoms with Crippen LogP contribution in [0.3, 0.4) is 0 Å². The molecule has 0 atom stereocenters. The third-order valence-electron chi connectivity index (χ3n) is 5.34. The lowest BCUT2D eigenvalue weighted by Gasteiger charge is -2.08. The summed E-state index contributed by atoms with van der Waals surface area (Å²) in [5.74, 6) is 0.887. The Hall–Kier alpha value is -3.80. The molecule has 0 bridgehead atoms. The van der Waals surface area contributed by atoms with Gasteiger partial charge in [-0.25, -0.2) is 14.5 Å². The first-order valence-electron chi connectivity index (χ1n) is 10.9. The lowest BCUT2D eigenvalue weighted by molar-refractivity contribution is 0.0697. The lowest BCUT2D eigenvalue weighted by atomic mass is 10.0. The van der Waals surface area contributed by atoms with E-state index in [1.54, 1.807) is 18.3 Å². The minimum Gasteiger partial charge on any atom is -0.478 e. The van der Waals surface area contributed by atoms with Gasteiger partial charge in [-0.15, -0.1) is 0 Å². The molecular formula is C26H26N4O2. The van der Waals surface area contributed by atoms with Gasteiger partial charge in [0.1, 0.15) is 5.82 Å². The fourth-order valence-corrected chi connectivity index (χ4v) is 3.72. The van der Waals surface area contributed by atoms with Gasteiger partial charge >= 0.3 is 5.97 Å². The first kappa shape index (κ1) is 21.4. The average molecular weight is 427 g/mol. The minimum atomic E-state index is -0.980. The Morgan fingerprint density at radius 3 is 2.41 bits per heavy atom. The average Bonchev–Trinajstić information content (AvgIpc) is 3.20. The molecular weight excluding hydrogens is 400 g/mol. The predicted octanol–water partition coefficient (Wildman–Crippen LogP) is 4.82. The third kappa shape index (κ3) is 5.09. The SMILES string of the molecule is CCCc1nc(CCc2ccccc2)nn1Cc1ccc(-c2ncccc2C(=O)O)cc1. The molecule has 0 aliphatic heterocycles. The fourth-order valence-electron chi connectivity index (χ4n) is 3.72. The monoisotopic (exact) mass is 426 g/mol. The zero-order valence-corrected chi connectivity index (χ0v) is 18.1. The van der Waals surface area contributed by atoms with Gasteiger partial charge in [0, 0.05) is 24.6 Å². The molecule has 2 heterocycles. The van der Waals surface area contributed by atoms with Gasteiger partial charge in [0.05, 0.1) is 17.8 Å². The summed E-state index contributed by atoms with van der Waals surface area (Å²) in [4.78, 5) is 20.5. The van der Waals surface area contributed by atoms with E-state index in [-0.39, 0.29) is 5.56 Å². The topological polar surface area (TPSA) is 80.9 Å².